The molecule has 7 heteroatoms. The number of nitroso groups, excluding NO2 is 1. The van der Waals surface area contributed by atoms with Gasteiger partial charge in [-0.3, -0.25) is 4.79 Å². The molecule has 2 aromatic rings. The highest BCUT2D eigenvalue weighted by molar-refractivity contribution is 6.31. The van der Waals surface area contributed by atoms with Crippen molar-refractivity contribution >= 4 is 11.6 Å². The molecule has 0 aliphatic heterocycles. The lowest BCUT2D eigenvalue weighted by molar-refractivity contribution is 0.292. The summed E-state index contributed by atoms with van der Waals surface area (Å²) in [6, 6.07) is 7.27. The quantitative estimate of drug-likeness (QED) is 0.784. The molecule has 1 aromatic carbocycles. The van der Waals surface area contributed by atoms with Crippen LogP contribution in [-0.2, 0) is 18.7 Å². The lowest BCUT2D eigenvalue weighted by Gasteiger charge is -2.21. The zero-order chi connectivity index (χ0) is 17.0. The highest BCUT2D eigenvalue weighted by Crippen LogP contribution is 2.21. The SMILES string of the molecule is CC(C)(C)n1ncc(OCc2ccc(CN=O)cc2)c(Cl)c1=O. The first-order valence-corrected chi connectivity index (χ1v) is 7.49. The average molecular weight is 336 g/mol. The lowest BCUT2D eigenvalue weighted by Crippen LogP contribution is -2.36. The van der Waals surface area contributed by atoms with E-state index in [1.165, 1.54) is 10.9 Å². The van der Waals surface area contributed by atoms with Crippen LogP contribution in [0.3, 0.4) is 0 Å². The van der Waals surface area contributed by atoms with Gasteiger partial charge in [0.15, 0.2) is 10.8 Å². The van der Waals surface area contributed by atoms with Crippen molar-refractivity contribution in [2.45, 2.75) is 39.5 Å². The molecule has 0 saturated carbocycles. The zero-order valence-electron chi connectivity index (χ0n) is 13.2. The second-order valence-electron chi connectivity index (χ2n) is 6.10. The molecule has 1 heterocycles. The average Bonchev–Trinajstić information content (AvgIpc) is 2.49. The van der Waals surface area contributed by atoms with E-state index >= 15 is 0 Å². The van der Waals surface area contributed by atoms with Gasteiger partial charge in [-0.25, -0.2) is 4.68 Å². The minimum absolute atomic E-state index is 0.0108. The predicted octanol–water partition coefficient (Wildman–Crippen LogP) is 3.50. The summed E-state index contributed by atoms with van der Waals surface area (Å²) in [5.74, 6) is 0.246. The van der Waals surface area contributed by atoms with Crippen LogP contribution in [0.5, 0.6) is 5.75 Å². The molecule has 0 bridgehead atoms. The maximum atomic E-state index is 12.2. The monoisotopic (exact) mass is 335 g/mol. The smallest absolute Gasteiger partial charge is 0.289 e. The maximum absolute atomic E-state index is 12.2. The molecular weight excluding hydrogens is 318 g/mol. The van der Waals surface area contributed by atoms with Gasteiger partial charge in [-0.1, -0.05) is 41.0 Å². The Balaban J connectivity index is 2.13. The Labute approximate surface area is 139 Å². The molecule has 0 spiro atoms. The van der Waals surface area contributed by atoms with Gasteiger partial charge in [-0.2, -0.15) is 10.0 Å². The molecule has 0 unspecified atom stereocenters. The molecular formula is C16H18ClN3O3. The van der Waals surface area contributed by atoms with Crippen LogP contribution in [0, 0.1) is 4.91 Å². The molecule has 0 radical (unpaired) electrons. The van der Waals surface area contributed by atoms with E-state index in [4.69, 9.17) is 16.3 Å². The number of hydrogen-bond donors (Lipinski definition) is 0. The number of rotatable bonds is 5. The first-order valence-electron chi connectivity index (χ1n) is 7.11. The Hall–Kier alpha value is -2.21. The standard InChI is InChI=1S/C16H18ClN3O3/c1-16(2,3)20-15(21)14(17)13(9-18-20)23-10-12-6-4-11(5-7-12)8-19-22/h4-7,9H,8,10H2,1-3H3. The van der Waals surface area contributed by atoms with Crippen molar-refractivity contribution in [1.82, 2.24) is 9.78 Å². The summed E-state index contributed by atoms with van der Waals surface area (Å²) in [6.45, 7) is 5.99. The summed E-state index contributed by atoms with van der Waals surface area (Å²) in [5.41, 5.74) is 0.873. The molecule has 2 rings (SSSR count). The van der Waals surface area contributed by atoms with E-state index in [1.807, 2.05) is 32.9 Å². The molecule has 0 amide bonds. The van der Waals surface area contributed by atoms with Gasteiger partial charge in [0.05, 0.1) is 11.7 Å². The fourth-order valence-corrected chi connectivity index (χ4v) is 2.16. The van der Waals surface area contributed by atoms with Gasteiger partial charge < -0.3 is 4.74 Å². The molecule has 0 aliphatic carbocycles. The Kier molecular flexibility index (Phi) is 5.15. The number of ether oxygens (including phenoxy) is 1. The van der Waals surface area contributed by atoms with Crippen molar-refractivity contribution < 1.29 is 4.74 Å². The lowest BCUT2D eigenvalue weighted by atomic mass is 10.1. The van der Waals surface area contributed by atoms with Gasteiger partial charge >= 0.3 is 0 Å². The van der Waals surface area contributed by atoms with Crippen molar-refractivity contribution in [3.63, 3.8) is 0 Å². The number of nitrogens with zero attached hydrogens (tertiary/aromatic N) is 3. The minimum Gasteiger partial charge on any atom is -0.485 e. The second-order valence-corrected chi connectivity index (χ2v) is 6.48. The second kappa shape index (κ2) is 6.91. The molecule has 0 saturated heterocycles. The zero-order valence-corrected chi connectivity index (χ0v) is 14.0. The van der Waals surface area contributed by atoms with E-state index in [9.17, 15) is 9.70 Å². The van der Waals surface area contributed by atoms with Crippen molar-refractivity contribution in [2.24, 2.45) is 5.18 Å². The van der Waals surface area contributed by atoms with E-state index in [-0.39, 0.29) is 29.5 Å². The van der Waals surface area contributed by atoms with Crippen molar-refractivity contribution in [2.75, 3.05) is 0 Å². The number of aromatic nitrogens is 2. The fourth-order valence-electron chi connectivity index (χ4n) is 1.97. The van der Waals surface area contributed by atoms with E-state index < -0.39 is 5.54 Å². The largest absolute Gasteiger partial charge is 0.485 e. The van der Waals surface area contributed by atoms with Crippen LogP contribution >= 0.6 is 11.6 Å². The molecule has 1 aromatic heterocycles. The van der Waals surface area contributed by atoms with Crippen LogP contribution in [0.1, 0.15) is 31.9 Å². The summed E-state index contributed by atoms with van der Waals surface area (Å²) in [7, 11) is 0. The Bertz CT molecular complexity index is 749. The summed E-state index contributed by atoms with van der Waals surface area (Å²) >= 11 is 6.09. The maximum Gasteiger partial charge on any atom is 0.289 e. The van der Waals surface area contributed by atoms with Crippen molar-refractivity contribution in [1.29, 1.82) is 0 Å². The third-order valence-corrected chi connectivity index (χ3v) is 3.53. The summed E-state index contributed by atoms with van der Waals surface area (Å²) < 4.78 is 6.90. The normalized spacial score (nSPS) is 11.3. The van der Waals surface area contributed by atoms with Gasteiger partial charge in [0.2, 0.25) is 0 Å². The highest BCUT2D eigenvalue weighted by atomic mass is 35.5. The van der Waals surface area contributed by atoms with E-state index in [0.717, 1.165) is 11.1 Å². The number of hydrogen-bond acceptors (Lipinski definition) is 5. The van der Waals surface area contributed by atoms with Crippen LogP contribution in [0.15, 0.2) is 40.4 Å². The Morgan fingerprint density at radius 3 is 2.39 bits per heavy atom. The van der Waals surface area contributed by atoms with Crippen molar-refractivity contribution in [3.8, 4) is 5.75 Å². The summed E-state index contributed by atoms with van der Waals surface area (Å²) in [5, 5.41) is 6.95. The van der Waals surface area contributed by atoms with Crippen LogP contribution < -0.4 is 10.3 Å². The molecule has 0 aliphatic rings. The highest BCUT2D eigenvalue weighted by Gasteiger charge is 2.19. The van der Waals surface area contributed by atoms with E-state index in [2.05, 4.69) is 10.3 Å². The predicted molar refractivity (Wildman–Crippen MR) is 88.8 cm³/mol. The molecule has 0 N–H and O–H groups in total. The molecule has 0 fully saturated rings. The van der Waals surface area contributed by atoms with Crippen LogP contribution in [0.25, 0.3) is 0 Å². The van der Waals surface area contributed by atoms with Crippen LogP contribution in [-0.4, -0.2) is 9.78 Å². The van der Waals surface area contributed by atoms with Gasteiger partial charge in [0.1, 0.15) is 13.2 Å². The number of benzene rings is 1. The van der Waals surface area contributed by atoms with Crippen LogP contribution in [0.4, 0.5) is 0 Å². The molecule has 23 heavy (non-hydrogen) atoms. The van der Waals surface area contributed by atoms with Gasteiger partial charge in [0.25, 0.3) is 5.56 Å². The van der Waals surface area contributed by atoms with Gasteiger partial charge in [-0.05, 0) is 31.9 Å². The van der Waals surface area contributed by atoms with Crippen molar-refractivity contribution in [3.05, 3.63) is 61.9 Å². The van der Waals surface area contributed by atoms with Crippen LogP contribution in [0.2, 0.25) is 5.02 Å². The molecule has 0 atom stereocenters. The van der Waals surface area contributed by atoms with E-state index in [0.29, 0.717) is 0 Å². The molecule has 122 valence electrons. The molecule has 6 nitrogen and oxygen atoms in total. The summed E-state index contributed by atoms with van der Waals surface area (Å²) in [6.07, 6.45) is 1.44. The van der Waals surface area contributed by atoms with Gasteiger partial charge in [0, 0.05) is 0 Å². The first-order chi connectivity index (χ1) is 10.8. The summed E-state index contributed by atoms with van der Waals surface area (Å²) in [4.78, 5) is 22.4. The first kappa shape index (κ1) is 17.1. The Morgan fingerprint density at radius 2 is 1.83 bits per heavy atom. The van der Waals surface area contributed by atoms with Gasteiger partial charge in [-0.15, -0.1) is 0 Å². The fraction of sp³-hybridized carbons (Fsp3) is 0.375. The third-order valence-electron chi connectivity index (χ3n) is 3.19. The minimum atomic E-state index is -0.457. The third kappa shape index (κ3) is 4.16. The van der Waals surface area contributed by atoms with E-state index in [1.54, 1.807) is 12.1 Å². The number of halogens is 1. The topological polar surface area (TPSA) is 73.5 Å². The Morgan fingerprint density at radius 1 is 1.22 bits per heavy atom.